The molecule has 0 aliphatic heterocycles. The largest absolute Gasteiger partial charge is 0.396 e. The highest BCUT2D eigenvalue weighted by atomic mass is 79.9. The highest BCUT2D eigenvalue weighted by Gasteiger charge is 1.98. The van der Waals surface area contributed by atoms with Crippen molar-refractivity contribution in [3.8, 4) is 0 Å². The van der Waals surface area contributed by atoms with E-state index in [2.05, 4.69) is 33.2 Å². The quantitative estimate of drug-likeness (QED) is 0.837. The van der Waals surface area contributed by atoms with Crippen molar-refractivity contribution < 1.29 is 0 Å². The van der Waals surface area contributed by atoms with Crippen LogP contribution in [-0.2, 0) is 0 Å². The fraction of sp³-hybridized carbons (Fsp3) is 0.375. The maximum absolute atomic E-state index is 5.71. The van der Waals surface area contributed by atoms with Gasteiger partial charge >= 0.3 is 0 Å². The molecule has 0 amide bonds. The second kappa shape index (κ2) is 4.30. The van der Waals surface area contributed by atoms with Gasteiger partial charge in [-0.3, -0.25) is 0 Å². The van der Waals surface area contributed by atoms with Crippen LogP contribution in [0.4, 0.5) is 11.5 Å². The van der Waals surface area contributed by atoms with Crippen molar-refractivity contribution in [2.24, 2.45) is 0 Å². The molecule has 1 rings (SSSR count). The van der Waals surface area contributed by atoms with Crippen molar-refractivity contribution in [2.45, 2.75) is 13.3 Å². The first-order valence-corrected chi connectivity index (χ1v) is 4.68. The van der Waals surface area contributed by atoms with E-state index in [9.17, 15) is 0 Å². The van der Waals surface area contributed by atoms with Gasteiger partial charge in [-0.05, 0) is 28.4 Å². The molecule has 3 N–H and O–H groups in total. The van der Waals surface area contributed by atoms with Crippen LogP contribution in [-0.4, -0.2) is 11.5 Å². The molecule has 1 aromatic heterocycles. The lowest BCUT2D eigenvalue weighted by Gasteiger charge is -2.06. The number of rotatable bonds is 3. The molecule has 0 unspecified atom stereocenters. The molecule has 0 spiro atoms. The first-order valence-electron chi connectivity index (χ1n) is 3.89. The van der Waals surface area contributed by atoms with E-state index in [4.69, 9.17) is 5.73 Å². The number of nitrogens with zero attached hydrogens (tertiary/aromatic N) is 1. The number of pyridine rings is 1. The van der Waals surface area contributed by atoms with E-state index in [0.29, 0.717) is 5.69 Å². The summed E-state index contributed by atoms with van der Waals surface area (Å²) in [5.41, 5.74) is 6.39. The number of nitrogens with two attached hydrogens (primary N) is 1. The standard InChI is InChI=1S/C8H12BrN3/c1-2-3-11-8-7(10)4-6(9)5-12-8/h4-5H,2-3,10H2,1H3,(H,11,12). The van der Waals surface area contributed by atoms with Crippen molar-refractivity contribution in [3.63, 3.8) is 0 Å². The summed E-state index contributed by atoms with van der Waals surface area (Å²) in [4.78, 5) is 4.13. The predicted octanol–water partition coefficient (Wildman–Crippen LogP) is 2.25. The minimum Gasteiger partial charge on any atom is -0.396 e. The van der Waals surface area contributed by atoms with Crippen LogP contribution < -0.4 is 11.1 Å². The maximum Gasteiger partial charge on any atom is 0.149 e. The number of hydrogen-bond donors (Lipinski definition) is 2. The summed E-state index contributed by atoms with van der Waals surface area (Å²) in [7, 11) is 0. The summed E-state index contributed by atoms with van der Waals surface area (Å²) in [6.07, 6.45) is 2.80. The fourth-order valence-electron chi connectivity index (χ4n) is 0.846. The Bertz CT molecular complexity index is 262. The van der Waals surface area contributed by atoms with Crippen LogP contribution in [0.25, 0.3) is 0 Å². The third kappa shape index (κ3) is 2.37. The van der Waals surface area contributed by atoms with E-state index >= 15 is 0 Å². The Hall–Kier alpha value is -0.770. The molecule has 4 heteroatoms. The van der Waals surface area contributed by atoms with Crippen molar-refractivity contribution in [1.29, 1.82) is 0 Å². The molecule has 12 heavy (non-hydrogen) atoms. The molecule has 0 atom stereocenters. The smallest absolute Gasteiger partial charge is 0.149 e. The lowest BCUT2D eigenvalue weighted by atomic mass is 10.4. The lowest BCUT2D eigenvalue weighted by Crippen LogP contribution is -2.04. The van der Waals surface area contributed by atoms with Gasteiger partial charge in [-0.1, -0.05) is 6.92 Å². The first-order chi connectivity index (χ1) is 5.74. The second-order valence-electron chi connectivity index (χ2n) is 2.52. The Morgan fingerprint density at radius 1 is 1.67 bits per heavy atom. The Labute approximate surface area is 80.5 Å². The second-order valence-corrected chi connectivity index (χ2v) is 3.43. The molecule has 1 heterocycles. The molecule has 3 nitrogen and oxygen atoms in total. The molecule has 0 aliphatic carbocycles. The zero-order valence-corrected chi connectivity index (χ0v) is 8.56. The van der Waals surface area contributed by atoms with Gasteiger partial charge in [0.2, 0.25) is 0 Å². The molecule has 66 valence electrons. The molecule has 0 saturated heterocycles. The van der Waals surface area contributed by atoms with Crippen LogP contribution in [0.3, 0.4) is 0 Å². The average molecular weight is 230 g/mol. The van der Waals surface area contributed by atoms with Gasteiger partial charge in [-0.2, -0.15) is 0 Å². The van der Waals surface area contributed by atoms with Gasteiger partial charge in [-0.15, -0.1) is 0 Å². The van der Waals surface area contributed by atoms with Gasteiger partial charge < -0.3 is 11.1 Å². The summed E-state index contributed by atoms with van der Waals surface area (Å²) in [6.45, 7) is 3.00. The van der Waals surface area contributed by atoms with Crippen LogP contribution in [0.2, 0.25) is 0 Å². The third-order valence-corrected chi connectivity index (χ3v) is 1.86. The van der Waals surface area contributed by atoms with Gasteiger partial charge in [0.25, 0.3) is 0 Å². The van der Waals surface area contributed by atoms with E-state index in [1.165, 1.54) is 0 Å². The van der Waals surface area contributed by atoms with Crippen molar-refractivity contribution in [2.75, 3.05) is 17.6 Å². The van der Waals surface area contributed by atoms with Gasteiger partial charge in [0.15, 0.2) is 0 Å². The number of halogens is 1. The number of nitrogens with one attached hydrogen (secondary N) is 1. The van der Waals surface area contributed by atoms with Crippen LogP contribution >= 0.6 is 15.9 Å². The highest BCUT2D eigenvalue weighted by molar-refractivity contribution is 9.10. The topological polar surface area (TPSA) is 50.9 Å². The van der Waals surface area contributed by atoms with Gasteiger partial charge in [0.05, 0.1) is 5.69 Å². The van der Waals surface area contributed by atoms with E-state index in [1.807, 2.05) is 6.07 Å². The fourth-order valence-corrected chi connectivity index (χ4v) is 1.20. The summed E-state index contributed by atoms with van der Waals surface area (Å²) in [5, 5.41) is 3.13. The average Bonchev–Trinajstić information content (AvgIpc) is 2.03. The summed E-state index contributed by atoms with van der Waals surface area (Å²) >= 11 is 3.29. The van der Waals surface area contributed by atoms with Crippen molar-refractivity contribution in [1.82, 2.24) is 4.98 Å². The minimum atomic E-state index is 0.679. The van der Waals surface area contributed by atoms with E-state index in [0.717, 1.165) is 23.3 Å². The van der Waals surface area contributed by atoms with E-state index in [-0.39, 0.29) is 0 Å². The first kappa shape index (κ1) is 9.32. The summed E-state index contributed by atoms with van der Waals surface area (Å²) in [5.74, 6) is 0.764. The Morgan fingerprint density at radius 3 is 3.00 bits per heavy atom. The van der Waals surface area contributed by atoms with Crippen LogP contribution in [0, 0.1) is 0 Å². The molecule has 0 bridgehead atoms. The lowest BCUT2D eigenvalue weighted by molar-refractivity contribution is 0.970. The van der Waals surface area contributed by atoms with E-state index in [1.54, 1.807) is 6.20 Å². The molecule has 1 aromatic rings. The molecular formula is C8H12BrN3. The van der Waals surface area contributed by atoms with Crippen LogP contribution in [0.1, 0.15) is 13.3 Å². The zero-order chi connectivity index (χ0) is 8.97. The summed E-state index contributed by atoms with van der Waals surface area (Å²) < 4.78 is 0.905. The number of nitrogen functional groups attached to an aromatic ring is 1. The van der Waals surface area contributed by atoms with Crippen molar-refractivity contribution >= 4 is 27.4 Å². The van der Waals surface area contributed by atoms with E-state index < -0.39 is 0 Å². The SMILES string of the molecule is CCCNc1ncc(Br)cc1N. The molecule has 0 saturated carbocycles. The third-order valence-electron chi connectivity index (χ3n) is 1.43. The van der Waals surface area contributed by atoms with Crippen LogP contribution in [0.15, 0.2) is 16.7 Å². The minimum absolute atomic E-state index is 0.679. The molecular weight excluding hydrogens is 218 g/mol. The number of hydrogen-bond acceptors (Lipinski definition) is 3. The van der Waals surface area contributed by atoms with Gasteiger partial charge in [0.1, 0.15) is 5.82 Å². The maximum atomic E-state index is 5.71. The Kier molecular flexibility index (Phi) is 3.34. The molecule has 0 fully saturated rings. The molecule has 0 aromatic carbocycles. The Morgan fingerprint density at radius 2 is 2.42 bits per heavy atom. The molecule has 0 radical (unpaired) electrons. The molecule has 0 aliphatic rings. The Balaban J connectivity index is 2.72. The van der Waals surface area contributed by atoms with Gasteiger partial charge in [0, 0.05) is 17.2 Å². The normalized spacial score (nSPS) is 9.83. The zero-order valence-electron chi connectivity index (χ0n) is 6.97. The van der Waals surface area contributed by atoms with Crippen LogP contribution in [0.5, 0.6) is 0 Å². The number of anilines is 2. The number of aromatic nitrogens is 1. The van der Waals surface area contributed by atoms with Crippen molar-refractivity contribution in [3.05, 3.63) is 16.7 Å². The monoisotopic (exact) mass is 229 g/mol. The van der Waals surface area contributed by atoms with Gasteiger partial charge in [-0.25, -0.2) is 4.98 Å². The highest BCUT2D eigenvalue weighted by Crippen LogP contribution is 2.19. The predicted molar refractivity (Wildman–Crippen MR) is 55.1 cm³/mol. The summed E-state index contributed by atoms with van der Waals surface area (Å²) in [6, 6.07) is 1.84.